The van der Waals surface area contributed by atoms with Crippen LogP contribution in [0.25, 0.3) is 0 Å². The molecule has 5 heteroatoms. The summed E-state index contributed by atoms with van der Waals surface area (Å²) in [5.74, 6) is 0.894. The molecule has 0 saturated carbocycles. The molecule has 2 heterocycles. The third-order valence-corrected chi connectivity index (χ3v) is 3.33. The van der Waals surface area contributed by atoms with Crippen molar-refractivity contribution in [3.8, 4) is 0 Å². The number of nitrogens with two attached hydrogens (primary N) is 1. The van der Waals surface area contributed by atoms with Crippen LogP contribution in [0.4, 0.5) is 5.82 Å². The fourth-order valence-electron chi connectivity index (χ4n) is 2.02. The van der Waals surface area contributed by atoms with Gasteiger partial charge >= 0.3 is 0 Å². The Kier molecular flexibility index (Phi) is 4.20. The molecule has 0 amide bonds. The van der Waals surface area contributed by atoms with Crippen LogP contribution in [-0.4, -0.2) is 31.3 Å². The Morgan fingerprint density at radius 2 is 2.41 bits per heavy atom. The number of pyridine rings is 1. The SMILES string of the molecule is CN(CC1CCCO1)c1ccc(Cl)c(CN)n1. The minimum atomic E-state index is 0.318. The first kappa shape index (κ1) is 12.6. The summed E-state index contributed by atoms with van der Waals surface area (Å²) >= 11 is 5.99. The molecule has 2 rings (SSSR count). The summed E-state index contributed by atoms with van der Waals surface area (Å²) in [5.41, 5.74) is 6.33. The Hall–Kier alpha value is -0.840. The molecule has 1 aliphatic rings. The number of nitrogens with zero attached hydrogens (tertiary/aromatic N) is 2. The highest BCUT2D eigenvalue weighted by Crippen LogP contribution is 2.20. The molecule has 1 aromatic rings. The number of halogens is 1. The lowest BCUT2D eigenvalue weighted by Crippen LogP contribution is -2.29. The third-order valence-electron chi connectivity index (χ3n) is 2.99. The molecule has 0 spiro atoms. The molecule has 0 radical (unpaired) electrons. The van der Waals surface area contributed by atoms with Crippen LogP contribution in [-0.2, 0) is 11.3 Å². The molecule has 0 aliphatic carbocycles. The number of hydrogen-bond acceptors (Lipinski definition) is 4. The first-order chi connectivity index (χ1) is 8.20. The van der Waals surface area contributed by atoms with Gasteiger partial charge in [-0.25, -0.2) is 4.98 Å². The van der Waals surface area contributed by atoms with Crippen molar-refractivity contribution in [1.82, 2.24) is 4.98 Å². The maximum Gasteiger partial charge on any atom is 0.128 e. The van der Waals surface area contributed by atoms with Crippen LogP contribution in [0.5, 0.6) is 0 Å². The van der Waals surface area contributed by atoms with Crippen molar-refractivity contribution < 1.29 is 4.74 Å². The van der Waals surface area contributed by atoms with Crippen molar-refractivity contribution in [3.63, 3.8) is 0 Å². The van der Waals surface area contributed by atoms with Crippen molar-refractivity contribution in [2.24, 2.45) is 5.73 Å². The monoisotopic (exact) mass is 255 g/mol. The fraction of sp³-hybridized carbons (Fsp3) is 0.583. The largest absolute Gasteiger partial charge is 0.376 e. The van der Waals surface area contributed by atoms with E-state index in [1.54, 1.807) is 0 Å². The lowest BCUT2D eigenvalue weighted by atomic mass is 10.2. The molecule has 2 N–H and O–H groups in total. The Labute approximate surface area is 107 Å². The number of anilines is 1. The zero-order chi connectivity index (χ0) is 12.3. The molecule has 0 bridgehead atoms. The van der Waals surface area contributed by atoms with Crippen LogP contribution in [0.3, 0.4) is 0 Å². The number of aromatic nitrogens is 1. The minimum Gasteiger partial charge on any atom is -0.376 e. The van der Waals surface area contributed by atoms with Crippen molar-refractivity contribution in [3.05, 3.63) is 22.8 Å². The van der Waals surface area contributed by atoms with Crippen LogP contribution < -0.4 is 10.6 Å². The first-order valence-corrected chi connectivity index (χ1v) is 6.26. The molecule has 4 nitrogen and oxygen atoms in total. The van der Waals surface area contributed by atoms with Gasteiger partial charge in [-0.3, -0.25) is 0 Å². The van der Waals surface area contributed by atoms with Crippen molar-refractivity contribution in [2.75, 3.05) is 25.1 Å². The average Bonchev–Trinajstić information content (AvgIpc) is 2.82. The van der Waals surface area contributed by atoms with Gasteiger partial charge in [-0.05, 0) is 25.0 Å². The molecule has 1 fully saturated rings. The van der Waals surface area contributed by atoms with Crippen molar-refractivity contribution in [2.45, 2.75) is 25.5 Å². The lowest BCUT2D eigenvalue weighted by Gasteiger charge is -2.22. The first-order valence-electron chi connectivity index (χ1n) is 5.89. The van der Waals surface area contributed by atoms with Crippen LogP contribution in [0.2, 0.25) is 5.02 Å². The second-order valence-corrected chi connectivity index (χ2v) is 4.72. The van der Waals surface area contributed by atoms with E-state index in [0.717, 1.165) is 37.5 Å². The molecule has 0 aromatic carbocycles. The molecule has 17 heavy (non-hydrogen) atoms. The van der Waals surface area contributed by atoms with E-state index in [2.05, 4.69) is 9.88 Å². The van der Waals surface area contributed by atoms with Gasteiger partial charge < -0.3 is 15.4 Å². The Balaban J connectivity index is 2.04. The smallest absolute Gasteiger partial charge is 0.128 e. The second kappa shape index (κ2) is 5.67. The Morgan fingerprint density at radius 1 is 1.59 bits per heavy atom. The van der Waals surface area contributed by atoms with Crippen LogP contribution >= 0.6 is 11.6 Å². The summed E-state index contributed by atoms with van der Waals surface area (Å²) in [6, 6.07) is 3.76. The Morgan fingerprint density at radius 3 is 3.06 bits per heavy atom. The number of likely N-dealkylation sites (N-methyl/N-ethyl adjacent to an activating group) is 1. The van der Waals surface area contributed by atoms with Crippen molar-refractivity contribution in [1.29, 1.82) is 0 Å². The van der Waals surface area contributed by atoms with E-state index in [0.29, 0.717) is 17.7 Å². The number of hydrogen-bond donors (Lipinski definition) is 1. The summed E-state index contributed by atoms with van der Waals surface area (Å²) in [6.45, 7) is 2.10. The summed E-state index contributed by atoms with van der Waals surface area (Å²) in [4.78, 5) is 6.53. The third kappa shape index (κ3) is 3.09. The van der Waals surface area contributed by atoms with E-state index >= 15 is 0 Å². The van der Waals surface area contributed by atoms with Crippen molar-refractivity contribution >= 4 is 17.4 Å². The highest BCUT2D eigenvalue weighted by atomic mass is 35.5. The van der Waals surface area contributed by atoms with Gasteiger partial charge in [0, 0.05) is 26.7 Å². The molecule has 1 aliphatic heterocycles. The van der Waals surface area contributed by atoms with Gasteiger partial charge in [0.15, 0.2) is 0 Å². The quantitative estimate of drug-likeness (QED) is 0.892. The van der Waals surface area contributed by atoms with Gasteiger partial charge in [0.1, 0.15) is 5.82 Å². The summed E-state index contributed by atoms with van der Waals surface area (Å²) in [5, 5.41) is 0.627. The van der Waals surface area contributed by atoms with Gasteiger partial charge in [0.2, 0.25) is 0 Å². The molecule has 1 atom stereocenters. The highest BCUT2D eigenvalue weighted by molar-refractivity contribution is 6.31. The molecular formula is C12H18ClN3O. The highest BCUT2D eigenvalue weighted by Gasteiger charge is 2.18. The van der Waals surface area contributed by atoms with Crippen LogP contribution in [0, 0.1) is 0 Å². The molecule has 1 saturated heterocycles. The van der Waals surface area contributed by atoms with E-state index in [1.165, 1.54) is 0 Å². The topological polar surface area (TPSA) is 51.4 Å². The Bertz CT molecular complexity index is 380. The standard InChI is InChI=1S/C12H18ClN3O/c1-16(8-9-3-2-6-17-9)12-5-4-10(13)11(7-14)15-12/h4-5,9H,2-3,6-8,14H2,1H3. The fourth-order valence-corrected chi connectivity index (χ4v) is 2.20. The zero-order valence-electron chi connectivity index (χ0n) is 10.0. The van der Waals surface area contributed by atoms with E-state index in [1.807, 2.05) is 19.2 Å². The van der Waals surface area contributed by atoms with E-state index in [4.69, 9.17) is 22.1 Å². The molecule has 1 unspecified atom stereocenters. The summed E-state index contributed by atoms with van der Waals surface area (Å²) < 4.78 is 5.61. The minimum absolute atomic E-state index is 0.318. The second-order valence-electron chi connectivity index (χ2n) is 4.32. The van der Waals surface area contributed by atoms with Crippen LogP contribution in [0.15, 0.2) is 12.1 Å². The van der Waals surface area contributed by atoms with E-state index < -0.39 is 0 Å². The normalized spacial score (nSPS) is 19.6. The summed E-state index contributed by atoms with van der Waals surface area (Å²) in [7, 11) is 2.01. The average molecular weight is 256 g/mol. The zero-order valence-corrected chi connectivity index (χ0v) is 10.8. The van der Waals surface area contributed by atoms with Gasteiger partial charge in [0.05, 0.1) is 16.8 Å². The molecule has 94 valence electrons. The predicted octanol–water partition coefficient (Wildman–Crippen LogP) is 1.81. The summed E-state index contributed by atoms with van der Waals surface area (Å²) in [6.07, 6.45) is 2.60. The predicted molar refractivity (Wildman–Crippen MR) is 69.4 cm³/mol. The molecule has 1 aromatic heterocycles. The number of rotatable bonds is 4. The lowest BCUT2D eigenvalue weighted by molar-refractivity contribution is 0.116. The van der Waals surface area contributed by atoms with Gasteiger partial charge in [0.25, 0.3) is 0 Å². The van der Waals surface area contributed by atoms with E-state index in [9.17, 15) is 0 Å². The van der Waals surface area contributed by atoms with E-state index in [-0.39, 0.29) is 0 Å². The maximum absolute atomic E-state index is 5.99. The van der Waals surface area contributed by atoms with Gasteiger partial charge in [-0.15, -0.1) is 0 Å². The van der Waals surface area contributed by atoms with Crippen LogP contribution in [0.1, 0.15) is 18.5 Å². The van der Waals surface area contributed by atoms with Gasteiger partial charge in [-0.1, -0.05) is 11.6 Å². The molecular weight excluding hydrogens is 238 g/mol. The maximum atomic E-state index is 5.99. The number of ether oxygens (including phenoxy) is 1. The van der Waals surface area contributed by atoms with Gasteiger partial charge in [-0.2, -0.15) is 0 Å².